The van der Waals surface area contributed by atoms with E-state index in [9.17, 15) is 9.59 Å². The summed E-state index contributed by atoms with van der Waals surface area (Å²) in [7, 11) is 0. The van der Waals surface area contributed by atoms with Crippen molar-refractivity contribution >= 4 is 23.8 Å². The number of hydrogen-bond acceptors (Lipinski definition) is 5. The highest BCUT2D eigenvalue weighted by Crippen LogP contribution is 2.10. The molecule has 0 spiro atoms. The molecule has 0 unspecified atom stereocenters. The number of benzene rings is 2. The molecule has 2 aromatic carbocycles. The van der Waals surface area contributed by atoms with E-state index in [1.54, 1.807) is 24.3 Å². The number of ether oxygens (including phenoxy) is 1. The third-order valence-electron chi connectivity index (χ3n) is 2.87. The van der Waals surface area contributed by atoms with Gasteiger partial charge < -0.3 is 15.2 Å². The zero-order valence-electron chi connectivity index (χ0n) is 12.8. The first-order valence-corrected chi connectivity index (χ1v) is 7.19. The Morgan fingerprint density at radius 3 is 2.46 bits per heavy atom. The number of carbonyl (C=O) groups excluding carboxylic acids is 1. The minimum absolute atomic E-state index is 0.114. The van der Waals surface area contributed by atoms with Crippen LogP contribution in [0.4, 0.5) is 5.69 Å². The first kappa shape index (κ1) is 17.0. The van der Waals surface area contributed by atoms with Gasteiger partial charge in [-0.15, -0.1) is 0 Å². The lowest BCUT2D eigenvalue weighted by molar-refractivity contribution is -0.139. The molecule has 2 aromatic rings. The van der Waals surface area contributed by atoms with Gasteiger partial charge >= 0.3 is 5.97 Å². The van der Waals surface area contributed by atoms with Crippen molar-refractivity contribution in [2.45, 2.75) is 0 Å². The second-order valence-corrected chi connectivity index (χ2v) is 4.76. The van der Waals surface area contributed by atoms with Crippen LogP contribution in [-0.2, 0) is 9.59 Å². The SMILES string of the molecule is O=C(O)COc1ccc(C=NNC(=O)CNc2ccccc2)cc1. The van der Waals surface area contributed by atoms with E-state index in [2.05, 4.69) is 15.8 Å². The summed E-state index contributed by atoms with van der Waals surface area (Å²) in [5.74, 6) is -0.852. The summed E-state index contributed by atoms with van der Waals surface area (Å²) in [6.07, 6.45) is 1.49. The van der Waals surface area contributed by atoms with Gasteiger partial charge in [0, 0.05) is 5.69 Å². The number of nitrogens with one attached hydrogen (secondary N) is 2. The molecular weight excluding hydrogens is 310 g/mol. The Labute approximate surface area is 139 Å². The summed E-state index contributed by atoms with van der Waals surface area (Å²) < 4.78 is 5.02. The van der Waals surface area contributed by atoms with Crippen LogP contribution in [-0.4, -0.2) is 36.3 Å². The molecule has 0 heterocycles. The average Bonchev–Trinajstić information content (AvgIpc) is 2.60. The van der Waals surface area contributed by atoms with Crippen molar-refractivity contribution in [3.05, 3.63) is 60.2 Å². The lowest BCUT2D eigenvalue weighted by Gasteiger charge is -2.04. The van der Waals surface area contributed by atoms with Crippen molar-refractivity contribution in [3.8, 4) is 5.75 Å². The van der Waals surface area contributed by atoms with Crippen LogP contribution in [0.3, 0.4) is 0 Å². The van der Waals surface area contributed by atoms with Crippen molar-refractivity contribution in [1.29, 1.82) is 0 Å². The number of para-hydroxylation sites is 1. The van der Waals surface area contributed by atoms with Gasteiger partial charge in [0.15, 0.2) is 6.61 Å². The highest BCUT2D eigenvalue weighted by atomic mass is 16.5. The Balaban J connectivity index is 1.74. The highest BCUT2D eigenvalue weighted by Gasteiger charge is 2.00. The molecule has 24 heavy (non-hydrogen) atoms. The maximum absolute atomic E-state index is 11.6. The molecule has 0 atom stereocenters. The molecule has 2 rings (SSSR count). The molecule has 0 aliphatic rings. The van der Waals surface area contributed by atoms with Crippen molar-refractivity contribution in [2.24, 2.45) is 5.10 Å². The van der Waals surface area contributed by atoms with E-state index in [-0.39, 0.29) is 12.5 Å². The number of carboxylic acid groups (broad SMARTS) is 1. The smallest absolute Gasteiger partial charge is 0.341 e. The summed E-state index contributed by atoms with van der Waals surface area (Å²) in [5, 5.41) is 15.4. The molecular formula is C17H17N3O4. The molecule has 0 fully saturated rings. The standard InChI is InChI=1S/C17H17N3O4/c21-16(11-18-14-4-2-1-3-5-14)20-19-10-13-6-8-15(9-7-13)24-12-17(22)23/h1-10,18H,11-12H2,(H,20,21)(H,22,23). The molecule has 1 amide bonds. The lowest BCUT2D eigenvalue weighted by Crippen LogP contribution is -2.25. The fraction of sp³-hybridized carbons (Fsp3) is 0.118. The highest BCUT2D eigenvalue weighted by molar-refractivity contribution is 5.84. The number of hydrazone groups is 1. The quantitative estimate of drug-likeness (QED) is 0.506. The Bertz CT molecular complexity index is 700. The fourth-order valence-electron chi connectivity index (χ4n) is 1.75. The Kier molecular flexibility index (Phi) is 6.34. The molecule has 0 saturated heterocycles. The van der Waals surface area contributed by atoms with Gasteiger partial charge in [-0.3, -0.25) is 4.79 Å². The van der Waals surface area contributed by atoms with Crippen molar-refractivity contribution in [2.75, 3.05) is 18.5 Å². The van der Waals surface area contributed by atoms with Gasteiger partial charge in [0.25, 0.3) is 5.91 Å². The van der Waals surface area contributed by atoms with Crippen molar-refractivity contribution in [3.63, 3.8) is 0 Å². The number of rotatable bonds is 8. The predicted molar refractivity (Wildman–Crippen MR) is 90.2 cm³/mol. The zero-order chi connectivity index (χ0) is 17.2. The summed E-state index contributed by atoms with van der Waals surface area (Å²) in [4.78, 5) is 22.0. The van der Waals surface area contributed by atoms with Gasteiger partial charge in [-0.2, -0.15) is 5.10 Å². The minimum atomic E-state index is -1.03. The predicted octanol–water partition coefficient (Wildman–Crippen LogP) is 1.71. The summed E-state index contributed by atoms with van der Waals surface area (Å²) in [6.45, 7) is -0.277. The van der Waals surface area contributed by atoms with Gasteiger partial charge in [0.05, 0.1) is 12.8 Å². The van der Waals surface area contributed by atoms with Crippen LogP contribution in [0.5, 0.6) is 5.75 Å². The summed E-state index contributed by atoms with van der Waals surface area (Å²) >= 11 is 0. The normalized spacial score (nSPS) is 10.3. The van der Waals surface area contributed by atoms with Crippen LogP contribution >= 0.6 is 0 Å². The third kappa shape index (κ3) is 6.18. The fourth-order valence-corrected chi connectivity index (χ4v) is 1.75. The van der Waals surface area contributed by atoms with E-state index in [0.29, 0.717) is 5.75 Å². The van der Waals surface area contributed by atoms with E-state index in [1.165, 1.54) is 6.21 Å². The molecule has 7 heteroatoms. The van der Waals surface area contributed by atoms with Gasteiger partial charge in [0.1, 0.15) is 5.75 Å². The second-order valence-electron chi connectivity index (χ2n) is 4.76. The molecule has 0 aliphatic carbocycles. The van der Waals surface area contributed by atoms with E-state index in [1.807, 2.05) is 30.3 Å². The Morgan fingerprint density at radius 1 is 1.08 bits per heavy atom. The molecule has 0 aromatic heterocycles. The maximum Gasteiger partial charge on any atom is 0.341 e. The van der Waals surface area contributed by atoms with Gasteiger partial charge in [0.2, 0.25) is 0 Å². The van der Waals surface area contributed by atoms with Crippen LogP contribution in [0.1, 0.15) is 5.56 Å². The van der Waals surface area contributed by atoms with E-state index >= 15 is 0 Å². The van der Waals surface area contributed by atoms with Gasteiger partial charge in [-0.25, -0.2) is 10.2 Å². The van der Waals surface area contributed by atoms with Crippen LogP contribution < -0.4 is 15.5 Å². The van der Waals surface area contributed by atoms with Crippen LogP contribution in [0.2, 0.25) is 0 Å². The average molecular weight is 327 g/mol. The van der Waals surface area contributed by atoms with Crippen LogP contribution in [0.25, 0.3) is 0 Å². The molecule has 7 nitrogen and oxygen atoms in total. The monoisotopic (exact) mass is 327 g/mol. The topological polar surface area (TPSA) is 100 Å². The van der Waals surface area contributed by atoms with Crippen LogP contribution in [0.15, 0.2) is 59.7 Å². The maximum atomic E-state index is 11.6. The number of carboxylic acids is 1. The first-order valence-electron chi connectivity index (χ1n) is 7.19. The van der Waals surface area contributed by atoms with E-state index in [4.69, 9.17) is 9.84 Å². The molecule has 0 aliphatic heterocycles. The van der Waals surface area contributed by atoms with Gasteiger partial charge in [-0.1, -0.05) is 18.2 Å². The van der Waals surface area contributed by atoms with Crippen LogP contribution in [0, 0.1) is 0 Å². The number of nitrogens with zero attached hydrogens (tertiary/aromatic N) is 1. The number of hydrogen-bond donors (Lipinski definition) is 3. The molecule has 3 N–H and O–H groups in total. The number of anilines is 1. The lowest BCUT2D eigenvalue weighted by atomic mass is 10.2. The molecule has 0 radical (unpaired) electrons. The largest absolute Gasteiger partial charge is 0.482 e. The molecule has 124 valence electrons. The van der Waals surface area contributed by atoms with E-state index < -0.39 is 12.6 Å². The summed E-state index contributed by atoms with van der Waals surface area (Å²) in [5.41, 5.74) is 4.01. The zero-order valence-corrected chi connectivity index (χ0v) is 12.8. The van der Waals surface area contributed by atoms with E-state index in [0.717, 1.165) is 11.3 Å². The minimum Gasteiger partial charge on any atom is -0.482 e. The summed E-state index contributed by atoms with van der Waals surface area (Å²) in [6, 6.07) is 16.0. The Morgan fingerprint density at radius 2 is 1.79 bits per heavy atom. The molecule has 0 bridgehead atoms. The van der Waals surface area contributed by atoms with Crippen molar-refractivity contribution < 1.29 is 19.4 Å². The number of carbonyl (C=O) groups is 2. The number of aliphatic carboxylic acids is 1. The third-order valence-corrected chi connectivity index (χ3v) is 2.87. The second kappa shape index (κ2) is 8.94. The number of amides is 1. The molecule has 0 saturated carbocycles. The van der Waals surface area contributed by atoms with Crippen molar-refractivity contribution in [1.82, 2.24) is 5.43 Å². The first-order chi connectivity index (χ1) is 11.6. The van der Waals surface area contributed by atoms with Gasteiger partial charge in [-0.05, 0) is 42.0 Å². The Hall–Kier alpha value is -3.35.